The molecule has 0 saturated carbocycles. The van der Waals surface area contributed by atoms with E-state index >= 15 is 0 Å². The first-order chi connectivity index (χ1) is 38.5. The average molecular weight is 1060 g/mol. The molecule has 0 unspecified atom stereocenters. The van der Waals surface area contributed by atoms with Crippen LogP contribution < -0.4 is 31.1 Å². The molecule has 9 aromatic rings. The van der Waals surface area contributed by atoms with Gasteiger partial charge in [0.05, 0.1) is 11.4 Å². The third-order valence-corrected chi connectivity index (χ3v) is 20.1. The molecule has 3 aliphatic carbocycles. The van der Waals surface area contributed by atoms with Crippen LogP contribution in [0.3, 0.4) is 0 Å². The van der Waals surface area contributed by atoms with E-state index in [0.29, 0.717) is 0 Å². The highest BCUT2D eigenvalue weighted by Crippen LogP contribution is 2.58. The minimum Gasteiger partial charge on any atom is -0.311 e. The SMILES string of the molecule is Cc1cc2c(cc1N1c3cc4c(cc3B3c5cc6c(cc5N(c5ccc(-c7ccccc7)cc5-c5ccccc5)c5cc(N(c7ccccc7)c7ccccc7)cc1c53)C(C)(C)CC6(C)C)C(C)(C)CCC4(C)C)C(C)(C)CC2(C)C. The summed E-state index contributed by atoms with van der Waals surface area (Å²) in [5.41, 5.74) is 30.0. The standard InChI is InChI=1S/C77H78BN3/c1-49-38-57-61(76(10,11)47-74(57,6)7)44-66(49)81-68-45-60-58(72(2,3)36-37-73(60,4)5)42-63(68)78-64-43-59-62(77(12,13)48-75(59,8)9)46-67(64)80(65-35-34-52(50-26-18-14-19-27-50)39-56(65)51-28-20-15-21-29-51)69-40-55(41-70(81)71(69)78)79(53-30-22-16-23-31-53)54-32-24-17-25-33-54/h14-35,38-46H,36-37,47-48H2,1-13H3. The number of fused-ring (bicyclic) bond motifs is 7. The van der Waals surface area contributed by atoms with Crippen molar-refractivity contribution in [1.82, 2.24) is 0 Å². The maximum absolute atomic E-state index is 2.76. The van der Waals surface area contributed by atoms with Crippen molar-refractivity contribution in [3.8, 4) is 22.3 Å². The Hall–Kier alpha value is -7.56. The first kappa shape index (κ1) is 51.6. The first-order valence-corrected chi connectivity index (χ1v) is 30.0. The summed E-state index contributed by atoms with van der Waals surface area (Å²) in [5, 5.41) is 0. The highest BCUT2D eigenvalue weighted by molar-refractivity contribution is 7.00. The third kappa shape index (κ3) is 7.97. The summed E-state index contributed by atoms with van der Waals surface area (Å²) in [6.45, 7) is 32.2. The molecule has 0 bridgehead atoms. The predicted octanol–water partition coefficient (Wildman–Crippen LogP) is 19.1. The topological polar surface area (TPSA) is 9.72 Å². The number of hydrogen-bond donors (Lipinski definition) is 0. The number of hydrogen-bond acceptors (Lipinski definition) is 3. The van der Waals surface area contributed by atoms with E-state index in [4.69, 9.17) is 0 Å². The molecule has 0 atom stereocenters. The van der Waals surface area contributed by atoms with Gasteiger partial charge in [0.15, 0.2) is 0 Å². The summed E-state index contributed by atoms with van der Waals surface area (Å²) < 4.78 is 0. The normalized spacial score (nSPS) is 18.5. The van der Waals surface area contributed by atoms with Crippen molar-refractivity contribution < 1.29 is 0 Å². The Bertz CT molecular complexity index is 3980. The van der Waals surface area contributed by atoms with Crippen LogP contribution in [-0.4, -0.2) is 6.71 Å². The number of rotatable bonds is 7. The van der Waals surface area contributed by atoms with E-state index in [1.54, 1.807) is 0 Å². The number of aryl methyl sites for hydroxylation is 1. The van der Waals surface area contributed by atoms with Gasteiger partial charge in [-0.1, -0.05) is 204 Å². The Morgan fingerprint density at radius 3 is 1.22 bits per heavy atom. The monoisotopic (exact) mass is 1060 g/mol. The number of benzene rings is 9. The molecule has 9 aromatic carbocycles. The van der Waals surface area contributed by atoms with E-state index < -0.39 is 0 Å². The molecular weight excluding hydrogens is 978 g/mol. The van der Waals surface area contributed by atoms with Crippen LogP contribution in [0.4, 0.5) is 51.2 Å². The lowest BCUT2D eigenvalue weighted by Crippen LogP contribution is -2.62. The molecule has 2 aliphatic heterocycles. The Kier molecular flexibility index (Phi) is 11.3. The van der Waals surface area contributed by atoms with E-state index in [1.165, 1.54) is 112 Å². The zero-order valence-electron chi connectivity index (χ0n) is 50.1. The largest absolute Gasteiger partial charge is 0.311 e. The van der Waals surface area contributed by atoms with Gasteiger partial charge in [-0.2, -0.15) is 0 Å². The van der Waals surface area contributed by atoms with Gasteiger partial charge in [0.2, 0.25) is 0 Å². The van der Waals surface area contributed by atoms with E-state index in [1.807, 2.05) is 0 Å². The average Bonchev–Trinajstić information content (AvgIpc) is 3.73. The predicted molar refractivity (Wildman–Crippen MR) is 347 cm³/mol. The molecular formula is C77H78BN3. The zero-order valence-corrected chi connectivity index (χ0v) is 50.1. The van der Waals surface area contributed by atoms with Crippen molar-refractivity contribution >= 4 is 74.3 Å². The fourth-order valence-electron chi connectivity index (χ4n) is 16.5. The van der Waals surface area contributed by atoms with Crippen LogP contribution in [0.2, 0.25) is 0 Å². The maximum atomic E-state index is 2.76. The van der Waals surface area contributed by atoms with Gasteiger partial charge in [-0.3, -0.25) is 0 Å². The molecule has 0 amide bonds. The molecule has 2 heterocycles. The molecule has 0 radical (unpaired) electrons. The molecule has 0 spiro atoms. The van der Waals surface area contributed by atoms with Gasteiger partial charge in [0, 0.05) is 45.4 Å². The quantitative estimate of drug-likeness (QED) is 0.147. The minimum absolute atomic E-state index is 0.000550. The van der Waals surface area contributed by atoms with Crippen LogP contribution in [0.25, 0.3) is 22.3 Å². The molecule has 4 heteroatoms. The fourth-order valence-corrected chi connectivity index (χ4v) is 16.5. The van der Waals surface area contributed by atoms with Crippen molar-refractivity contribution in [2.45, 2.75) is 148 Å². The molecule has 0 aromatic heterocycles. The molecule has 81 heavy (non-hydrogen) atoms. The highest BCUT2D eigenvalue weighted by atomic mass is 15.2. The van der Waals surface area contributed by atoms with Crippen LogP contribution in [0.15, 0.2) is 188 Å². The van der Waals surface area contributed by atoms with Gasteiger partial charge in [-0.25, -0.2) is 0 Å². The smallest absolute Gasteiger partial charge is 0.252 e. The van der Waals surface area contributed by atoms with E-state index in [9.17, 15) is 0 Å². The Morgan fingerprint density at radius 1 is 0.333 bits per heavy atom. The van der Waals surface area contributed by atoms with Gasteiger partial charge >= 0.3 is 0 Å². The second kappa shape index (κ2) is 17.7. The number of para-hydroxylation sites is 2. The Balaban J connectivity index is 1.17. The number of nitrogens with zero attached hydrogens (tertiary/aromatic N) is 3. The van der Waals surface area contributed by atoms with Crippen LogP contribution in [-0.2, 0) is 32.5 Å². The van der Waals surface area contributed by atoms with Gasteiger partial charge in [-0.15, -0.1) is 0 Å². The third-order valence-electron chi connectivity index (χ3n) is 20.1. The second-order valence-corrected chi connectivity index (χ2v) is 28.7. The summed E-state index contributed by atoms with van der Waals surface area (Å²) in [7, 11) is 0. The van der Waals surface area contributed by atoms with E-state index in [0.717, 1.165) is 42.7 Å². The molecule has 404 valence electrons. The molecule has 14 rings (SSSR count). The van der Waals surface area contributed by atoms with Gasteiger partial charge < -0.3 is 14.7 Å². The highest BCUT2D eigenvalue weighted by Gasteiger charge is 2.51. The van der Waals surface area contributed by atoms with E-state index in [-0.39, 0.29) is 39.2 Å². The van der Waals surface area contributed by atoms with Gasteiger partial charge in [0.25, 0.3) is 6.71 Å². The summed E-state index contributed by atoms with van der Waals surface area (Å²) >= 11 is 0. The maximum Gasteiger partial charge on any atom is 0.252 e. The lowest BCUT2D eigenvalue weighted by atomic mass is 9.33. The Morgan fingerprint density at radius 2 is 0.728 bits per heavy atom. The Labute approximate surface area is 483 Å². The van der Waals surface area contributed by atoms with E-state index in [2.05, 4.69) is 293 Å². The lowest BCUT2D eigenvalue weighted by Gasteiger charge is -2.48. The van der Waals surface area contributed by atoms with Crippen molar-refractivity contribution in [3.63, 3.8) is 0 Å². The van der Waals surface area contributed by atoms with Gasteiger partial charge in [-0.05, 0) is 204 Å². The van der Waals surface area contributed by atoms with Crippen molar-refractivity contribution in [1.29, 1.82) is 0 Å². The minimum atomic E-state index is -0.0618. The van der Waals surface area contributed by atoms with Crippen molar-refractivity contribution in [3.05, 3.63) is 227 Å². The summed E-state index contributed by atoms with van der Waals surface area (Å²) in [6.07, 6.45) is 4.49. The molecule has 0 fully saturated rings. The second-order valence-electron chi connectivity index (χ2n) is 28.7. The zero-order chi connectivity index (χ0) is 56.3. The summed E-state index contributed by atoms with van der Waals surface area (Å²) in [5.74, 6) is 0. The molecule has 0 N–H and O–H groups in total. The van der Waals surface area contributed by atoms with Crippen molar-refractivity contribution in [2.75, 3.05) is 14.7 Å². The fraction of sp³-hybridized carbons (Fsp3) is 0.299. The summed E-state index contributed by atoms with van der Waals surface area (Å²) in [4.78, 5) is 7.98. The van der Waals surface area contributed by atoms with Crippen LogP contribution in [0, 0.1) is 6.92 Å². The number of anilines is 9. The van der Waals surface area contributed by atoms with Crippen LogP contribution in [0.1, 0.15) is 148 Å². The molecule has 5 aliphatic rings. The van der Waals surface area contributed by atoms with Crippen LogP contribution >= 0.6 is 0 Å². The summed E-state index contributed by atoms with van der Waals surface area (Å²) in [6, 6.07) is 72.6. The molecule has 0 saturated heterocycles. The van der Waals surface area contributed by atoms with Crippen molar-refractivity contribution in [2.24, 2.45) is 0 Å². The molecule has 3 nitrogen and oxygen atoms in total. The van der Waals surface area contributed by atoms with Crippen LogP contribution in [0.5, 0.6) is 0 Å². The lowest BCUT2D eigenvalue weighted by molar-refractivity contribution is 0.332. The van der Waals surface area contributed by atoms with Gasteiger partial charge in [0.1, 0.15) is 0 Å². The first-order valence-electron chi connectivity index (χ1n) is 30.0.